The van der Waals surface area contributed by atoms with Crippen molar-refractivity contribution < 1.29 is 5.11 Å². The first-order valence-electron chi connectivity index (χ1n) is 3.73. The van der Waals surface area contributed by atoms with Crippen molar-refractivity contribution in [2.45, 2.75) is 25.7 Å². The number of rotatable bonds is 6. The minimum Gasteiger partial charge on any atom is -0.396 e. The van der Waals surface area contributed by atoms with Crippen LogP contribution in [-0.2, 0) is 0 Å². The highest BCUT2D eigenvalue weighted by Gasteiger charge is 1.81. The molecular weight excluding hydrogens is 239 g/mol. The van der Waals surface area contributed by atoms with Crippen molar-refractivity contribution in [3.63, 3.8) is 0 Å². The van der Waals surface area contributed by atoms with Gasteiger partial charge in [0.15, 0.2) is 0 Å². The summed E-state index contributed by atoms with van der Waals surface area (Å²) in [5.74, 6) is 0. The second kappa shape index (κ2) is 9.43. The van der Waals surface area contributed by atoms with Crippen LogP contribution in [0.15, 0.2) is 12.2 Å². The molecule has 0 aliphatic rings. The van der Waals surface area contributed by atoms with Crippen LogP contribution in [-0.4, -0.2) is 16.1 Å². The number of aliphatic hydroxyl groups is 1. The Kier molecular flexibility index (Phi) is 9.84. The normalized spacial score (nSPS) is 11.0. The molecule has 60 valence electrons. The predicted molar refractivity (Wildman–Crippen MR) is 53.6 cm³/mol. The summed E-state index contributed by atoms with van der Waals surface area (Å²) in [6.45, 7) is 0.281. The number of aliphatic hydroxyl groups excluding tert-OH is 1. The Morgan fingerprint density at radius 3 is 2.40 bits per heavy atom. The number of hydrogen-bond acceptors (Lipinski definition) is 1. The summed E-state index contributed by atoms with van der Waals surface area (Å²) in [5, 5.41) is 8.42. The molecule has 0 fully saturated rings. The molecule has 0 aromatic heterocycles. The van der Waals surface area contributed by atoms with E-state index in [1.54, 1.807) is 0 Å². The number of halogens is 1. The molecule has 0 aliphatic heterocycles. The minimum absolute atomic E-state index is 0.281. The summed E-state index contributed by atoms with van der Waals surface area (Å²) in [4.78, 5) is 0. The van der Waals surface area contributed by atoms with Gasteiger partial charge in [0, 0.05) is 6.61 Å². The van der Waals surface area contributed by atoms with E-state index in [4.69, 9.17) is 5.11 Å². The van der Waals surface area contributed by atoms with Crippen LogP contribution >= 0.6 is 22.6 Å². The number of unbranched alkanes of at least 4 members (excludes halogenated alkanes) is 2. The number of hydrogen-bond donors (Lipinski definition) is 1. The first-order chi connectivity index (χ1) is 4.91. The SMILES string of the molecule is OCC/C=C/CCCCI. The molecule has 0 heterocycles. The molecule has 1 nitrogen and oxygen atoms in total. The summed E-state index contributed by atoms with van der Waals surface area (Å²) in [5.41, 5.74) is 0. The average Bonchev–Trinajstić information content (AvgIpc) is 1.97. The third-order valence-electron chi connectivity index (χ3n) is 1.22. The van der Waals surface area contributed by atoms with Crippen LogP contribution in [0.5, 0.6) is 0 Å². The lowest BCUT2D eigenvalue weighted by Gasteiger charge is -1.89. The van der Waals surface area contributed by atoms with Gasteiger partial charge < -0.3 is 5.11 Å². The Morgan fingerprint density at radius 1 is 1.10 bits per heavy atom. The zero-order valence-electron chi connectivity index (χ0n) is 6.22. The smallest absolute Gasteiger partial charge is 0.0465 e. The van der Waals surface area contributed by atoms with Crippen molar-refractivity contribution >= 4 is 22.6 Å². The molecule has 0 rings (SSSR count). The maximum absolute atomic E-state index is 8.42. The van der Waals surface area contributed by atoms with E-state index >= 15 is 0 Å². The van der Waals surface area contributed by atoms with Gasteiger partial charge in [-0.3, -0.25) is 0 Å². The fourth-order valence-corrected chi connectivity index (χ4v) is 1.21. The van der Waals surface area contributed by atoms with Crippen LogP contribution in [0.4, 0.5) is 0 Å². The monoisotopic (exact) mass is 254 g/mol. The maximum atomic E-state index is 8.42. The predicted octanol–water partition coefficient (Wildman–Crippen LogP) is 2.53. The molecule has 0 unspecified atom stereocenters. The lowest BCUT2D eigenvalue weighted by Crippen LogP contribution is -1.76. The van der Waals surface area contributed by atoms with Crippen molar-refractivity contribution in [1.82, 2.24) is 0 Å². The third kappa shape index (κ3) is 8.43. The van der Waals surface area contributed by atoms with Crippen LogP contribution < -0.4 is 0 Å². The van der Waals surface area contributed by atoms with Gasteiger partial charge in [0.05, 0.1) is 0 Å². The summed E-state index contributed by atoms with van der Waals surface area (Å²) in [6.07, 6.45) is 8.78. The van der Waals surface area contributed by atoms with Crippen LogP contribution in [0, 0.1) is 0 Å². The molecule has 0 spiro atoms. The molecule has 0 bridgehead atoms. The van der Waals surface area contributed by atoms with Gasteiger partial charge in [-0.25, -0.2) is 0 Å². The second-order valence-corrected chi connectivity index (χ2v) is 3.25. The fourth-order valence-electron chi connectivity index (χ4n) is 0.667. The van der Waals surface area contributed by atoms with E-state index in [1.165, 1.54) is 23.7 Å². The van der Waals surface area contributed by atoms with E-state index in [0.29, 0.717) is 0 Å². The summed E-state index contributed by atoms with van der Waals surface area (Å²) in [6, 6.07) is 0. The molecule has 0 amide bonds. The van der Waals surface area contributed by atoms with Crippen LogP contribution in [0.3, 0.4) is 0 Å². The van der Waals surface area contributed by atoms with E-state index in [2.05, 4.69) is 28.7 Å². The molecule has 1 N–H and O–H groups in total. The van der Waals surface area contributed by atoms with Gasteiger partial charge in [-0.1, -0.05) is 34.7 Å². The summed E-state index contributed by atoms with van der Waals surface area (Å²) < 4.78 is 1.26. The van der Waals surface area contributed by atoms with Crippen LogP contribution in [0.25, 0.3) is 0 Å². The molecule has 0 saturated carbocycles. The van der Waals surface area contributed by atoms with E-state index in [1.807, 2.05) is 6.08 Å². The van der Waals surface area contributed by atoms with E-state index in [0.717, 1.165) is 6.42 Å². The van der Waals surface area contributed by atoms with Crippen LogP contribution in [0.1, 0.15) is 25.7 Å². The summed E-state index contributed by atoms with van der Waals surface area (Å²) in [7, 11) is 0. The van der Waals surface area contributed by atoms with E-state index in [9.17, 15) is 0 Å². The van der Waals surface area contributed by atoms with Crippen LogP contribution in [0.2, 0.25) is 0 Å². The first kappa shape index (κ1) is 10.4. The van der Waals surface area contributed by atoms with Crippen molar-refractivity contribution in [2.24, 2.45) is 0 Å². The van der Waals surface area contributed by atoms with Gasteiger partial charge in [0.25, 0.3) is 0 Å². The molecule has 0 saturated heterocycles. The molecule has 0 aromatic rings. The molecule has 0 aliphatic carbocycles. The van der Waals surface area contributed by atoms with Crippen molar-refractivity contribution in [3.8, 4) is 0 Å². The molecule has 10 heavy (non-hydrogen) atoms. The fraction of sp³-hybridized carbons (Fsp3) is 0.750. The standard InChI is InChI=1S/C8H15IO/c9-7-5-3-1-2-4-6-8-10/h2,4,10H,1,3,5-8H2/b4-2+. The lowest BCUT2D eigenvalue weighted by molar-refractivity contribution is 0.302. The topological polar surface area (TPSA) is 20.2 Å². The van der Waals surface area contributed by atoms with E-state index < -0.39 is 0 Å². The zero-order valence-corrected chi connectivity index (χ0v) is 8.38. The lowest BCUT2D eigenvalue weighted by atomic mass is 10.2. The van der Waals surface area contributed by atoms with Gasteiger partial charge in [0.2, 0.25) is 0 Å². The Morgan fingerprint density at radius 2 is 1.80 bits per heavy atom. The van der Waals surface area contributed by atoms with E-state index in [-0.39, 0.29) is 6.61 Å². The highest BCUT2D eigenvalue weighted by molar-refractivity contribution is 14.1. The third-order valence-corrected chi connectivity index (χ3v) is 1.98. The first-order valence-corrected chi connectivity index (χ1v) is 5.26. The van der Waals surface area contributed by atoms with Gasteiger partial charge in [-0.2, -0.15) is 0 Å². The minimum atomic E-state index is 0.281. The van der Waals surface area contributed by atoms with Crippen molar-refractivity contribution in [1.29, 1.82) is 0 Å². The number of allylic oxidation sites excluding steroid dienone is 1. The van der Waals surface area contributed by atoms with Gasteiger partial charge in [0.1, 0.15) is 0 Å². The highest BCUT2D eigenvalue weighted by Crippen LogP contribution is 1.99. The largest absolute Gasteiger partial charge is 0.396 e. The molecular formula is C8H15IO. The Labute approximate surface area is 76.7 Å². The molecule has 2 heteroatoms. The zero-order chi connectivity index (χ0) is 7.66. The summed E-state index contributed by atoms with van der Waals surface area (Å²) >= 11 is 2.39. The molecule has 0 atom stereocenters. The Hall–Kier alpha value is 0.430. The molecule has 0 aromatic carbocycles. The van der Waals surface area contributed by atoms with Gasteiger partial charge in [-0.05, 0) is 30.1 Å². The van der Waals surface area contributed by atoms with Gasteiger partial charge in [-0.15, -0.1) is 0 Å². The Bertz CT molecular complexity index is 81.3. The number of alkyl halides is 1. The van der Waals surface area contributed by atoms with Crippen molar-refractivity contribution in [3.05, 3.63) is 12.2 Å². The Balaban J connectivity index is 2.88. The molecule has 0 radical (unpaired) electrons. The van der Waals surface area contributed by atoms with Crippen molar-refractivity contribution in [2.75, 3.05) is 11.0 Å². The maximum Gasteiger partial charge on any atom is 0.0465 e. The second-order valence-electron chi connectivity index (χ2n) is 2.17. The van der Waals surface area contributed by atoms with Gasteiger partial charge >= 0.3 is 0 Å². The quantitative estimate of drug-likeness (QED) is 0.334. The highest BCUT2D eigenvalue weighted by atomic mass is 127. The average molecular weight is 254 g/mol.